The second-order valence-electron chi connectivity index (χ2n) is 21.0. The zero-order chi connectivity index (χ0) is 60.5. The van der Waals surface area contributed by atoms with Crippen molar-refractivity contribution in [2.24, 2.45) is 5.92 Å². The summed E-state index contributed by atoms with van der Waals surface area (Å²) in [5, 5.41) is 0. The van der Waals surface area contributed by atoms with Crippen molar-refractivity contribution >= 4 is 86.9 Å². The van der Waals surface area contributed by atoms with Gasteiger partial charge in [-0.25, -0.2) is 19.6 Å². The number of imide groups is 1. The van der Waals surface area contributed by atoms with Crippen LogP contribution in [0.1, 0.15) is 167 Å². The zero-order valence-corrected chi connectivity index (χ0v) is 48.8. The van der Waals surface area contributed by atoms with E-state index < -0.39 is 116 Å². The van der Waals surface area contributed by atoms with Crippen LogP contribution in [0, 0.1) is 12.8 Å². The Labute approximate surface area is 478 Å². The Morgan fingerprint density at radius 2 is 1.29 bits per heavy atom. The van der Waals surface area contributed by atoms with Crippen LogP contribution in [-0.4, -0.2) is 150 Å². The summed E-state index contributed by atoms with van der Waals surface area (Å²) >= 11 is 0. The smallest absolute Gasteiger partial charge is 0.334 e. The Hall–Kier alpha value is -8.31. The van der Waals surface area contributed by atoms with E-state index in [1.54, 1.807) is 6.92 Å². The van der Waals surface area contributed by atoms with Gasteiger partial charge in [-0.05, 0) is 91.7 Å². The van der Waals surface area contributed by atoms with Gasteiger partial charge in [-0.2, -0.15) is 0 Å². The molecule has 0 saturated carbocycles. The van der Waals surface area contributed by atoms with Gasteiger partial charge in [0.1, 0.15) is 12.7 Å². The summed E-state index contributed by atoms with van der Waals surface area (Å²) in [6.45, 7) is 14.6. The minimum absolute atomic E-state index is 0.000548. The molecular formula is C60H69N5O18. The molecule has 7 heterocycles. The first-order valence-corrected chi connectivity index (χ1v) is 27.4. The summed E-state index contributed by atoms with van der Waals surface area (Å²) in [7, 11) is 3.51. The molecule has 5 aliphatic heterocycles. The third kappa shape index (κ3) is 12.1. The van der Waals surface area contributed by atoms with Gasteiger partial charge in [-0.3, -0.25) is 38.5 Å². The third-order valence-corrected chi connectivity index (χ3v) is 15.8. The molecule has 1 saturated heterocycles. The minimum atomic E-state index is -1.71. The van der Waals surface area contributed by atoms with Gasteiger partial charge in [-0.1, -0.05) is 26.8 Å². The molecule has 8 atom stereocenters. The standard InChI is InChI=1S/C60H69N5O18/c1-14-36-26(3)40-20-42-28(5)38(16-17-47(70)75-11)51(63-42)50-52-48(29(6)43(64-52)22-45-37(15-2)27(4)41(62-45)21-44(36)61-40)56(71)65(57(50)72)23-34-18-35(49(59(74)77-13)39(19-34)58(73)76-12)24-79-60-55(82-33(10)69)54(81-32(9)68)53(80-31(8)67)46(83-60)25-78-30(7)66/h18,20-22,28,35,38,46,53-55,60,63-64H,14-17,19,23-25H2,1-13H3/t28-,35?,38-,46+,53-,54-,55+,60+/m0/s1. The molecule has 8 rings (SSSR count). The van der Waals surface area contributed by atoms with Crippen LogP contribution in [0.15, 0.2) is 41.0 Å². The van der Waals surface area contributed by atoms with Crippen LogP contribution < -0.4 is 0 Å². The van der Waals surface area contributed by atoms with Gasteiger partial charge in [-0.15, -0.1) is 0 Å². The molecule has 1 unspecified atom stereocenters. The van der Waals surface area contributed by atoms with E-state index in [9.17, 15) is 33.6 Å². The lowest BCUT2D eigenvalue weighted by atomic mass is 9.83. The predicted octanol–water partition coefficient (Wildman–Crippen LogP) is 7.15. The van der Waals surface area contributed by atoms with Gasteiger partial charge >= 0.3 is 41.8 Å². The zero-order valence-electron chi connectivity index (χ0n) is 48.8. The van der Waals surface area contributed by atoms with Gasteiger partial charge in [0.05, 0.1) is 85.0 Å². The molecule has 2 aromatic heterocycles. The molecule has 0 aromatic carbocycles. The van der Waals surface area contributed by atoms with Crippen molar-refractivity contribution in [2.45, 2.75) is 144 Å². The highest BCUT2D eigenvalue weighted by molar-refractivity contribution is 6.23. The van der Waals surface area contributed by atoms with E-state index in [4.69, 9.17) is 52.6 Å². The Bertz CT molecular complexity index is 3430. The Balaban J connectivity index is 1.29. The Morgan fingerprint density at radius 1 is 0.699 bits per heavy atom. The maximum Gasteiger partial charge on any atom is 0.334 e. The number of fused-ring (bicyclic) bond motifs is 8. The molecule has 0 radical (unpaired) electrons. The molecule has 0 spiro atoms. The molecule has 442 valence electrons. The Kier molecular flexibility index (Phi) is 18.3. The van der Waals surface area contributed by atoms with E-state index in [0.717, 1.165) is 80.5 Å². The number of ether oxygens (including phenoxy) is 9. The molecule has 1 fully saturated rings. The number of esters is 7. The van der Waals surface area contributed by atoms with E-state index in [1.165, 1.54) is 13.2 Å². The van der Waals surface area contributed by atoms with Crippen molar-refractivity contribution < 1.29 is 85.8 Å². The fourth-order valence-electron chi connectivity index (χ4n) is 11.8. The second-order valence-corrected chi connectivity index (χ2v) is 21.0. The van der Waals surface area contributed by atoms with E-state index in [0.29, 0.717) is 46.7 Å². The number of aromatic nitrogens is 4. The number of allylic oxidation sites excluding steroid dienone is 4. The van der Waals surface area contributed by atoms with Crippen molar-refractivity contribution in [3.05, 3.63) is 91.8 Å². The van der Waals surface area contributed by atoms with Gasteiger partial charge in [0.25, 0.3) is 11.8 Å². The number of amides is 2. The summed E-state index contributed by atoms with van der Waals surface area (Å²) < 4.78 is 50.0. The molecule has 6 aliphatic rings. The van der Waals surface area contributed by atoms with E-state index >= 15 is 9.59 Å². The quantitative estimate of drug-likeness (QED) is 0.0687. The van der Waals surface area contributed by atoms with Gasteiger partial charge in [0.15, 0.2) is 24.6 Å². The molecule has 8 bridgehead atoms. The molecule has 83 heavy (non-hydrogen) atoms. The highest BCUT2D eigenvalue weighted by Crippen LogP contribution is 2.46. The van der Waals surface area contributed by atoms with Crippen molar-refractivity contribution in [2.75, 3.05) is 41.1 Å². The fraction of sp³-hybridized carbons (Fsp3) is 0.483. The van der Waals surface area contributed by atoms with Crippen molar-refractivity contribution in [1.29, 1.82) is 0 Å². The molecule has 2 N–H and O–H groups in total. The average Bonchev–Trinajstić information content (AvgIpc) is 2.03. The lowest BCUT2D eigenvalue weighted by Crippen LogP contribution is -2.63. The van der Waals surface area contributed by atoms with Crippen LogP contribution in [0.2, 0.25) is 0 Å². The van der Waals surface area contributed by atoms with Crippen LogP contribution in [-0.2, 0) is 76.2 Å². The number of nitrogens with one attached hydrogen (secondary N) is 2. The summed E-state index contributed by atoms with van der Waals surface area (Å²) in [5.41, 5.74) is 9.45. The molecule has 23 heteroatoms. The monoisotopic (exact) mass is 1150 g/mol. The van der Waals surface area contributed by atoms with Crippen LogP contribution in [0.5, 0.6) is 0 Å². The van der Waals surface area contributed by atoms with E-state index in [2.05, 4.69) is 16.9 Å². The van der Waals surface area contributed by atoms with Crippen molar-refractivity contribution in [3.8, 4) is 0 Å². The minimum Gasteiger partial charge on any atom is -0.469 e. The predicted molar refractivity (Wildman–Crippen MR) is 296 cm³/mol. The molecule has 1 aliphatic carbocycles. The molecule has 2 amide bonds. The van der Waals surface area contributed by atoms with Crippen LogP contribution in [0.3, 0.4) is 0 Å². The summed E-state index contributed by atoms with van der Waals surface area (Å²) in [5.74, 6) is -9.26. The van der Waals surface area contributed by atoms with Crippen LogP contribution in [0.4, 0.5) is 0 Å². The molecule has 23 nitrogen and oxygen atoms in total. The largest absolute Gasteiger partial charge is 0.469 e. The lowest BCUT2D eigenvalue weighted by molar-refractivity contribution is -0.309. The maximum absolute atomic E-state index is 15.8. The SMILES string of the molecule is CCC1=C(C)c2cc3[nH]c(c4c5[nH]c(cc6nc(cc1n2)C(C)=C6CC)c(C)c5C(=O)N(CC1=CC(CO[C@@H]2O[C@H](COC(C)=O)[C@H](OC(C)=O)[C@H](OC(C)=O)[C@H]2OC(C)=O)C(C(=O)OC)=C(C(=O)OC)C1)C4=O)[C@@H](CCC(=O)OC)[C@@H]3C. The number of carbonyl (C=O) groups excluding carboxylic acids is 9. The first kappa shape index (κ1) is 60.8. The number of nitrogens with zero attached hydrogens (tertiary/aromatic N) is 3. The average molecular weight is 1150 g/mol. The normalized spacial score (nSPS) is 22.6. The lowest BCUT2D eigenvalue weighted by Gasteiger charge is -2.44. The Morgan fingerprint density at radius 3 is 1.88 bits per heavy atom. The number of carbonyl (C=O) groups is 9. The summed E-state index contributed by atoms with van der Waals surface area (Å²) in [6, 6.07) is 5.84. The first-order chi connectivity index (χ1) is 39.4. The van der Waals surface area contributed by atoms with Crippen LogP contribution in [0.25, 0.3) is 33.3 Å². The van der Waals surface area contributed by atoms with Crippen molar-refractivity contribution in [3.63, 3.8) is 0 Å². The second kappa shape index (κ2) is 25.0. The number of hydrogen-bond acceptors (Lipinski definition) is 20. The number of rotatable bonds is 17. The third-order valence-electron chi connectivity index (χ3n) is 15.8. The van der Waals surface area contributed by atoms with Crippen molar-refractivity contribution in [1.82, 2.24) is 24.8 Å². The number of hydrogen-bond donors (Lipinski definition) is 2. The maximum atomic E-state index is 15.8. The first-order valence-electron chi connectivity index (χ1n) is 27.4. The molecule has 2 aromatic rings. The number of methoxy groups -OCH3 is 3. The van der Waals surface area contributed by atoms with Gasteiger partial charge in [0.2, 0.25) is 0 Å². The van der Waals surface area contributed by atoms with Gasteiger partial charge < -0.3 is 52.6 Å². The van der Waals surface area contributed by atoms with Gasteiger partial charge in [0, 0.05) is 75.2 Å². The van der Waals surface area contributed by atoms with E-state index in [1.807, 2.05) is 45.9 Å². The summed E-state index contributed by atoms with van der Waals surface area (Å²) in [6.07, 6.45) is -5.07. The van der Waals surface area contributed by atoms with Crippen LogP contribution >= 0.6 is 0 Å². The number of aryl methyl sites for hydroxylation is 1. The highest BCUT2D eigenvalue weighted by atomic mass is 16.7. The highest BCUT2D eigenvalue weighted by Gasteiger charge is 2.53. The fourth-order valence-corrected chi connectivity index (χ4v) is 11.8. The summed E-state index contributed by atoms with van der Waals surface area (Å²) in [4.78, 5) is 140. The number of aromatic amines is 2. The van der Waals surface area contributed by atoms with E-state index in [-0.39, 0.29) is 58.5 Å². The molecular weight excluding hydrogens is 1080 g/mol. The topological polar surface area (TPSA) is 297 Å². The number of H-pyrrole nitrogens is 2.